The highest BCUT2D eigenvalue weighted by atomic mass is 19.1. The number of benzene rings is 1. The topological polar surface area (TPSA) is 94.0 Å². The molecule has 0 aliphatic rings. The second kappa shape index (κ2) is 9.34. The van der Waals surface area contributed by atoms with Crippen LogP contribution in [0.3, 0.4) is 0 Å². The van der Waals surface area contributed by atoms with Crippen molar-refractivity contribution in [2.24, 2.45) is 0 Å². The van der Waals surface area contributed by atoms with Gasteiger partial charge in [0.05, 0.1) is 5.69 Å². The van der Waals surface area contributed by atoms with E-state index in [1.807, 2.05) is 26.8 Å². The molecule has 0 fully saturated rings. The molecule has 0 aliphatic carbocycles. The molecule has 1 unspecified atom stereocenters. The van der Waals surface area contributed by atoms with Gasteiger partial charge in [0.2, 0.25) is 0 Å². The first-order valence-electron chi connectivity index (χ1n) is 9.66. The summed E-state index contributed by atoms with van der Waals surface area (Å²) in [6.07, 6.45) is -0.815. The summed E-state index contributed by atoms with van der Waals surface area (Å²) in [5.41, 5.74) is 3.11. The number of aromatic nitrogens is 4. The lowest BCUT2D eigenvalue weighted by Crippen LogP contribution is -2.38. The summed E-state index contributed by atoms with van der Waals surface area (Å²) in [5.74, 6) is 0.438. The predicted molar refractivity (Wildman–Crippen MR) is 111 cm³/mol. The van der Waals surface area contributed by atoms with Crippen LogP contribution >= 0.6 is 0 Å². The molecular weight excluding hydrogens is 387 g/mol. The molecule has 1 atom stereocenters. The van der Waals surface area contributed by atoms with Crippen LogP contribution in [-0.4, -0.2) is 45.1 Å². The zero-order valence-corrected chi connectivity index (χ0v) is 17.4. The van der Waals surface area contributed by atoms with Crippen molar-refractivity contribution < 1.29 is 13.9 Å². The molecule has 2 heterocycles. The van der Waals surface area contributed by atoms with E-state index in [2.05, 4.69) is 25.9 Å². The first-order chi connectivity index (χ1) is 14.4. The number of ether oxygens (including phenoxy) is 1. The maximum Gasteiger partial charge on any atom is 0.260 e. The van der Waals surface area contributed by atoms with Gasteiger partial charge in [0.1, 0.15) is 5.82 Å². The molecule has 3 rings (SSSR count). The van der Waals surface area contributed by atoms with Crippen molar-refractivity contribution in [3.63, 3.8) is 0 Å². The SMILES string of the molecule is Cc1nn(-c2ccc(NCCNC(=O)C(C)Oc3ccccc3F)nn2)c(C)c1C. The minimum absolute atomic E-state index is 0.0476. The first kappa shape index (κ1) is 21.2. The smallest absolute Gasteiger partial charge is 0.260 e. The summed E-state index contributed by atoms with van der Waals surface area (Å²) >= 11 is 0. The van der Waals surface area contributed by atoms with Gasteiger partial charge >= 0.3 is 0 Å². The van der Waals surface area contributed by atoms with Gasteiger partial charge in [-0.1, -0.05) is 12.1 Å². The lowest BCUT2D eigenvalue weighted by Gasteiger charge is -2.15. The Balaban J connectivity index is 1.45. The van der Waals surface area contributed by atoms with E-state index in [1.54, 1.807) is 29.8 Å². The molecule has 0 spiro atoms. The molecule has 0 saturated carbocycles. The molecule has 8 nitrogen and oxygen atoms in total. The van der Waals surface area contributed by atoms with E-state index in [1.165, 1.54) is 12.1 Å². The van der Waals surface area contributed by atoms with E-state index < -0.39 is 11.9 Å². The van der Waals surface area contributed by atoms with Crippen molar-refractivity contribution in [3.05, 3.63) is 59.2 Å². The molecule has 1 aromatic carbocycles. The lowest BCUT2D eigenvalue weighted by molar-refractivity contribution is -0.127. The van der Waals surface area contributed by atoms with Crippen LogP contribution in [0.2, 0.25) is 0 Å². The molecule has 3 aromatic rings. The molecule has 0 radical (unpaired) electrons. The van der Waals surface area contributed by atoms with E-state index in [-0.39, 0.29) is 11.7 Å². The van der Waals surface area contributed by atoms with Crippen molar-refractivity contribution in [1.82, 2.24) is 25.3 Å². The Morgan fingerprint density at radius 3 is 2.53 bits per heavy atom. The van der Waals surface area contributed by atoms with E-state index in [9.17, 15) is 9.18 Å². The third-order valence-corrected chi connectivity index (χ3v) is 4.76. The standard InChI is InChI=1S/C21H25FN6O2/c1-13-14(2)27-28(15(13)3)20-10-9-19(25-26-20)23-11-12-24-21(29)16(4)30-18-8-6-5-7-17(18)22/h5-10,16H,11-12H2,1-4H3,(H,23,25)(H,24,29). The molecule has 158 valence electrons. The Kier molecular flexibility index (Phi) is 6.61. The Bertz CT molecular complexity index is 1020. The number of amides is 1. The molecule has 30 heavy (non-hydrogen) atoms. The summed E-state index contributed by atoms with van der Waals surface area (Å²) < 4.78 is 20.7. The minimum Gasteiger partial charge on any atom is -0.478 e. The first-order valence-corrected chi connectivity index (χ1v) is 9.66. The Morgan fingerprint density at radius 1 is 1.13 bits per heavy atom. The second-order valence-corrected chi connectivity index (χ2v) is 6.89. The molecule has 9 heteroatoms. The van der Waals surface area contributed by atoms with Crippen LogP contribution in [0.1, 0.15) is 23.9 Å². The number of nitrogens with zero attached hydrogens (tertiary/aromatic N) is 4. The number of hydrogen-bond donors (Lipinski definition) is 2. The quantitative estimate of drug-likeness (QED) is 0.553. The highest BCUT2D eigenvalue weighted by molar-refractivity contribution is 5.80. The second-order valence-electron chi connectivity index (χ2n) is 6.89. The monoisotopic (exact) mass is 412 g/mol. The number of anilines is 1. The van der Waals surface area contributed by atoms with Crippen molar-refractivity contribution in [2.75, 3.05) is 18.4 Å². The highest BCUT2D eigenvalue weighted by Gasteiger charge is 2.16. The van der Waals surface area contributed by atoms with Gasteiger partial charge in [0.15, 0.2) is 23.5 Å². The number of halogens is 1. The molecule has 1 amide bonds. The summed E-state index contributed by atoms with van der Waals surface area (Å²) in [4.78, 5) is 12.1. The van der Waals surface area contributed by atoms with Crippen molar-refractivity contribution in [1.29, 1.82) is 0 Å². The van der Waals surface area contributed by atoms with Crippen LogP contribution in [0, 0.1) is 26.6 Å². The number of rotatable bonds is 8. The largest absolute Gasteiger partial charge is 0.478 e. The lowest BCUT2D eigenvalue weighted by atomic mass is 10.2. The molecular formula is C21H25FN6O2. The van der Waals surface area contributed by atoms with Crippen LogP contribution in [-0.2, 0) is 4.79 Å². The average Bonchev–Trinajstić information content (AvgIpc) is 3.00. The van der Waals surface area contributed by atoms with Crippen LogP contribution in [0.25, 0.3) is 5.82 Å². The number of carbonyl (C=O) groups is 1. The Labute approximate surface area is 174 Å². The van der Waals surface area contributed by atoms with Gasteiger partial charge in [-0.25, -0.2) is 9.07 Å². The molecule has 0 bridgehead atoms. The zero-order valence-electron chi connectivity index (χ0n) is 17.4. The van der Waals surface area contributed by atoms with Crippen molar-refractivity contribution in [2.45, 2.75) is 33.8 Å². The third-order valence-electron chi connectivity index (χ3n) is 4.76. The van der Waals surface area contributed by atoms with Gasteiger partial charge in [0.25, 0.3) is 5.91 Å². The maximum absolute atomic E-state index is 13.6. The fourth-order valence-corrected chi connectivity index (χ4v) is 2.78. The highest BCUT2D eigenvalue weighted by Crippen LogP contribution is 2.17. The maximum atomic E-state index is 13.6. The third kappa shape index (κ3) is 4.91. The van der Waals surface area contributed by atoms with E-state index >= 15 is 0 Å². The molecule has 0 saturated heterocycles. The van der Waals surface area contributed by atoms with Gasteiger partial charge in [0, 0.05) is 18.8 Å². The summed E-state index contributed by atoms with van der Waals surface area (Å²) in [6.45, 7) is 8.34. The summed E-state index contributed by atoms with van der Waals surface area (Å²) in [6, 6.07) is 9.61. The van der Waals surface area contributed by atoms with Crippen LogP contribution in [0.5, 0.6) is 5.75 Å². The number of carbonyl (C=O) groups excluding carboxylic acids is 1. The van der Waals surface area contributed by atoms with Gasteiger partial charge < -0.3 is 15.4 Å². The fourth-order valence-electron chi connectivity index (χ4n) is 2.78. The van der Waals surface area contributed by atoms with Gasteiger partial charge in [-0.2, -0.15) is 5.10 Å². The Hall–Kier alpha value is -3.49. The minimum atomic E-state index is -0.815. The summed E-state index contributed by atoms with van der Waals surface area (Å²) in [7, 11) is 0. The number of para-hydroxylation sites is 1. The van der Waals surface area contributed by atoms with E-state index in [0.29, 0.717) is 24.7 Å². The van der Waals surface area contributed by atoms with Crippen molar-refractivity contribution in [3.8, 4) is 11.6 Å². The van der Waals surface area contributed by atoms with E-state index in [4.69, 9.17) is 4.74 Å². The van der Waals surface area contributed by atoms with Crippen molar-refractivity contribution >= 4 is 11.7 Å². The van der Waals surface area contributed by atoms with E-state index in [0.717, 1.165) is 17.0 Å². The molecule has 2 aromatic heterocycles. The average molecular weight is 412 g/mol. The number of aryl methyl sites for hydroxylation is 1. The number of nitrogens with one attached hydrogen (secondary N) is 2. The van der Waals surface area contributed by atoms with Crippen LogP contribution in [0.15, 0.2) is 36.4 Å². The van der Waals surface area contributed by atoms with Gasteiger partial charge in [-0.15, -0.1) is 10.2 Å². The normalized spacial score (nSPS) is 11.8. The predicted octanol–water partition coefficient (Wildman–Crippen LogP) is 2.72. The fraction of sp³-hybridized carbons (Fsp3) is 0.333. The van der Waals surface area contributed by atoms with Gasteiger partial charge in [-0.3, -0.25) is 4.79 Å². The van der Waals surface area contributed by atoms with Gasteiger partial charge in [-0.05, 0) is 57.5 Å². The molecule has 0 aliphatic heterocycles. The zero-order chi connectivity index (χ0) is 21.7. The van der Waals surface area contributed by atoms with Crippen LogP contribution in [0.4, 0.5) is 10.2 Å². The van der Waals surface area contributed by atoms with Crippen LogP contribution < -0.4 is 15.4 Å². The Morgan fingerprint density at radius 2 is 1.90 bits per heavy atom. The summed E-state index contributed by atoms with van der Waals surface area (Å²) in [5, 5.41) is 18.6. The number of hydrogen-bond acceptors (Lipinski definition) is 6. The molecule has 2 N–H and O–H groups in total.